The lowest BCUT2D eigenvalue weighted by Crippen LogP contribution is -2.04. The maximum Gasteiger partial charge on any atom is 0.417 e. The Balaban J connectivity index is 0.00000195. The summed E-state index contributed by atoms with van der Waals surface area (Å²) in [5.41, 5.74) is 9.22. The third-order valence-electron chi connectivity index (χ3n) is 9.93. The fourth-order valence-corrected chi connectivity index (χ4v) is 8.73. The average molecular weight is 742 g/mol. The number of hydrogen-bond donors (Lipinski definition) is 0. The van der Waals surface area contributed by atoms with Gasteiger partial charge < -0.3 is 4.57 Å². The number of benzene rings is 6. The predicted octanol–water partition coefficient (Wildman–Crippen LogP) is 13.1. The zero-order chi connectivity index (χ0) is 37.8. The highest BCUT2D eigenvalue weighted by atomic mass is 32.1. The summed E-state index contributed by atoms with van der Waals surface area (Å²) >= 11 is 1.16. The first kappa shape index (κ1) is 34.0. The molecule has 55 heavy (non-hydrogen) atoms. The van der Waals surface area contributed by atoms with Crippen LogP contribution in [0, 0.1) is 11.3 Å². The van der Waals surface area contributed by atoms with E-state index in [9.17, 15) is 18.4 Å². The molecule has 0 aliphatic heterocycles. The van der Waals surface area contributed by atoms with Crippen LogP contribution in [0.15, 0.2) is 146 Å². The van der Waals surface area contributed by atoms with Crippen LogP contribution in [0.1, 0.15) is 25.0 Å². The van der Waals surface area contributed by atoms with Gasteiger partial charge in [0.25, 0.3) is 0 Å². The summed E-state index contributed by atoms with van der Waals surface area (Å²) in [6.07, 6.45) is 0.998. The van der Waals surface area contributed by atoms with Crippen LogP contribution in [0.25, 0.3) is 86.6 Å². The molecule has 10 aromatic rings. The Morgan fingerprint density at radius 1 is 0.636 bits per heavy atom. The van der Waals surface area contributed by atoms with Gasteiger partial charge in [0.15, 0.2) is 0 Å². The maximum atomic E-state index is 13.8. The number of thiophene rings is 1. The molecule has 0 radical (unpaired) electrons. The summed E-state index contributed by atoms with van der Waals surface area (Å²) in [5, 5.41) is 13.1. The van der Waals surface area contributed by atoms with Crippen LogP contribution in [0.2, 0.25) is 0 Å². The van der Waals surface area contributed by atoms with E-state index in [1.165, 1.54) is 6.07 Å². The van der Waals surface area contributed by atoms with Crippen LogP contribution >= 0.6 is 11.3 Å². The Labute approximate surface area is 317 Å². The summed E-state index contributed by atoms with van der Waals surface area (Å²) in [6.45, 7) is 4.00. The van der Waals surface area contributed by atoms with Gasteiger partial charge in [-0.3, -0.25) is 9.55 Å². The molecule has 0 N–H and O–H groups in total. The smallest absolute Gasteiger partial charge is 0.308 e. The minimum Gasteiger partial charge on any atom is -0.308 e. The van der Waals surface area contributed by atoms with Crippen molar-refractivity contribution in [1.82, 2.24) is 19.1 Å². The van der Waals surface area contributed by atoms with Gasteiger partial charge in [0.2, 0.25) is 0 Å². The number of rotatable bonds is 4. The highest BCUT2D eigenvalue weighted by Crippen LogP contribution is 2.44. The number of nitrogens with zero attached hydrogens (tertiary/aromatic N) is 5. The summed E-state index contributed by atoms with van der Waals surface area (Å²) in [7, 11) is 0. The first-order valence-corrected chi connectivity index (χ1v) is 18.7. The van der Waals surface area contributed by atoms with E-state index in [0.29, 0.717) is 10.9 Å². The molecule has 10 rings (SSSR count). The van der Waals surface area contributed by atoms with Crippen LogP contribution in [-0.2, 0) is 6.18 Å². The molecule has 0 amide bonds. The molecule has 6 aromatic carbocycles. The Morgan fingerprint density at radius 3 is 2.18 bits per heavy atom. The van der Waals surface area contributed by atoms with Crippen molar-refractivity contribution in [2.75, 3.05) is 0 Å². The molecule has 0 saturated heterocycles. The number of para-hydroxylation sites is 2. The van der Waals surface area contributed by atoms with Crippen molar-refractivity contribution >= 4 is 64.3 Å². The van der Waals surface area contributed by atoms with Crippen LogP contribution < -0.4 is 0 Å². The summed E-state index contributed by atoms with van der Waals surface area (Å²) in [5.74, 6) is 0. The number of nitriles is 1. The van der Waals surface area contributed by atoms with Gasteiger partial charge in [0.1, 0.15) is 6.33 Å². The van der Waals surface area contributed by atoms with Crippen LogP contribution in [0.4, 0.5) is 13.2 Å². The zero-order valence-corrected chi connectivity index (χ0v) is 30.5. The molecule has 0 aliphatic carbocycles. The van der Waals surface area contributed by atoms with Gasteiger partial charge in [-0.25, -0.2) is 4.98 Å². The highest BCUT2D eigenvalue weighted by Gasteiger charge is 2.33. The monoisotopic (exact) mass is 741 g/mol. The van der Waals surface area contributed by atoms with Crippen molar-refractivity contribution in [1.29, 1.82) is 5.26 Å². The van der Waals surface area contributed by atoms with Gasteiger partial charge in [0, 0.05) is 54.0 Å². The number of alkyl halides is 3. The van der Waals surface area contributed by atoms with E-state index in [1.54, 1.807) is 18.5 Å². The van der Waals surface area contributed by atoms with Crippen molar-refractivity contribution in [3.05, 3.63) is 157 Å². The van der Waals surface area contributed by atoms with Gasteiger partial charge in [-0.1, -0.05) is 68.4 Å². The second-order valence-corrected chi connectivity index (χ2v) is 14.0. The molecule has 0 spiro atoms. The maximum absolute atomic E-state index is 13.8. The van der Waals surface area contributed by atoms with Gasteiger partial charge in [0.05, 0.1) is 51.1 Å². The highest BCUT2D eigenvalue weighted by molar-refractivity contribution is 7.26. The van der Waals surface area contributed by atoms with Crippen LogP contribution in [-0.4, -0.2) is 19.1 Å². The molecule has 4 heterocycles. The summed E-state index contributed by atoms with van der Waals surface area (Å²) < 4.78 is 46.8. The molecule has 0 atom stereocenters. The molecule has 0 unspecified atom stereocenters. The summed E-state index contributed by atoms with van der Waals surface area (Å²) in [6, 6.07) is 42.8. The standard InChI is InChI=1S/C44H24F3N5S.C2H6/c45-44(46,47)37-10-4-9-33-36-20-27(14-17-41(36)53-43(33)37)29-19-31(24-49-23-29)52-38-15-12-26(22-48)18-34(38)35-21-28(13-16-39(35)52)32-8-5-11-40-42(32)50-25-51(40)30-6-2-1-3-7-30;1-2/h1-21,23-25H;1-2H3. The molecular formula is C46H30F3N5S. The first-order valence-electron chi connectivity index (χ1n) is 17.8. The number of halogens is 3. The second kappa shape index (κ2) is 13.3. The van der Waals surface area contributed by atoms with Crippen molar-refractivity contribution in [2.24, 2.45) is 0 Å². The fourth-order valence-electron chi connectivity index (χ4n) is 7.51. The topological polar surface area (TPSA) is 59.4 Å². The number of imidazole rings is 1. The molecule has 5 nitrogen and oxygen atoms in total. The average Bonchev–Trinajstić information content (AvgIpc) is 3.93. The predicted molar refractivity (Wildman–Crippen MR) is 218 cm³/mol. The quantitative estimate of drug-likeness (QED) is 0.180. The van der Waals surface area contributed by atoms with E-state index >= 15 is 0 Å². The van der Waals surface area contributed by atoms with Gasteiger partial charge >= 0.3 is 6.18 Å². The van der Waals surface area contributed by atoms with Crippen molar-refractivity contribution in [2.45, 2.75) is 20.0 Å². The zero-order valence-electron chi connectivity index (χ0n) is 29.6. The van der Waals surface area contributed by atoms with Crippen molar-refractivity contribution in [3.63, 3.8) is 0 Å². The van der Waals surface area contributed by atoms with E-state index in [0.717, 1.165) is 94.0 Å². The molecule has 9 heteroatoms. The van der Waals surface area contributed by atoms with E-state index in [1.807, 2.05) is 86.9 Å². The van der Waals surface area contributed by atoms with Gasteiger partial charge in [-0.05, 0) is 83.9 Å². The third kappa shape index (κ3) is 5.61. The minimum absolute atomic E-state index is 0.237. The first-order chi connectivity index (χ1) is 26.9. The van der Waals surface area contributed by atoms with Crippen LogP contribution in [0.5, 0.6) is 0 Å². The van der Waals surface area contributed by atoms with E-state index in [4.69, 9.17) is 4.98 Å². The normalized spacial score (nSPS) is 11.7. The lowest BCUT2D eigenvalue weighted by molar-refractivity contribution is -0.136. The minimum atomic E-state index is -4.43. The number of fused-ring (bicyclic) bond motifs is 7. The Bertz CT molecular complexity index is 3130. The lowest BCUT2D eigenvalue weighted by atomic mass is 10.0. The number of hydrogen-bond acceptors (Lipinski definition) is 4. The number of aromatic nitrogens is 4. The molecule has 266 valence electrons. The fraction of sp³-hybridized carbons (Fsp3) is 0.0652. The Kier molecular flexibility index (Phi) is 8.21. The Hall–Kier alpha value is -6.76. The largest absolute Gasteiger partial charge is 0.417 e. The molecule has 0 bridgehead atoms. The Morgan fingerprint density at radius 2 is 1.38 bits per heavy atom. The van der Waals surface area contributed by atoms with E-state index in [2.05, 4.69) is 62.7 Å². The summed E-state index contributed by atoms with van der Waals surface area (Å²) in [4.78, 5) is 9.47. The lowest BCUT2D eigenvalue weighted by Gasteiger charge is -2.11. The second-order valence-electron chi connectivity index (χ2n) is 13.0. The number of pyridine rings is 1. The van der Waals surface area contributed by atoms with Crippen LogP contribution in [0.3, 0.4) is 0 Å². The third-order valence-corrected chi connectivity index (χ3v) is 11.2. The van der Waals surface area contributed by atoms with E-state index < -0.39 is 11.7 Å². The van der Waals surface area contributed by atoms with Gasteiger partial charge in [-0.15, -0.1) is 11.3 Å². The molecular weight excluding hydrogens is 712 g/mol. The molecule has 4 aromatic heterocycles. The SMILES string of the molecule is CC.N#Cc1ccc2c(c1)c1cc(-c3cccc4c3ncn4-c3ccccc3)ccc1n2-c1cncc(-c2ccc3sc4c(C(F)(F)F)cccc4c3c2)c1. The van der Waals surface area contributed by atoms with Gasteiger partial charge in [-0.2, -0.15) is 18.4 Å². The van der Waals surface area contributed by atoms with Crippen molar-refractivity contribution in [3.8, 4) is 39.7 Å². The molecule has 0 fully saturated rings. The van der Waals surface area contributed by atoms with Crippen molar-refractivity contribution < 1.29 is 13.2 Å². The van der Waals surface area contributed by atoms with E-state index in [-0.39, 0.29) is 4.70 Å². The molecule has 0 saturated carbocycles. The molecule has 0 aliphatic rings.